The highest BCUT2D eigenvalue weighted by Crippen LogP contribution is 2.52. The van der Waals surface area contributed by atoms with Crippen molar-refractivity contribution >= 4 is 17.6 Å². The maximum Gasteiger partial charge on any atom is 0.307 e. The van der Waals surface area contributed by atoms with Crippen LogP contribution in [-0.2, 0) is 9.59 Å². The highest BCUT2D eigenvalue weighted by Gasteiger charge is 2.53. The SMILES string of the molecule is Cc1ccccc1NC(=O)C1C2CCC(C2)C1C(=O)O. The molecule has 0 saturated heterocycles. The molecule has 0 spiro atoms. The van der Waals surface area contributed by atoms with Gasteiger partial charge in [0.05, 0.1) is 11.8 Å². The van der Waals surface area contributed by atoms with E-state index in [9.17, 15) is 14.7 Å². The van der Waals surface area contributed by atoms with Crippen molar-refractivity contribution in [2.24, 2.45) is 23.7 Å². The van der Waals surface area contributed by atoms with Gasteiger partial charge in [0.2, 0.25) is 5.91 Å². The van der Waals surface area contributed by atoms with Crippen LogP contribution in [-0.4, -0.2) is 17.0 Å². The van der Waals surface area contributed by atoms with Crippen LogP contribution in [0.4, 0.5) is 5.69 Å². The standard InChI is InChI=1S/C16H19NO3/c1-9-4-2-3-5-12(9)17-15(18)13-10-6-7-11(8-10)14(13)16(19)20/h2-5,10-11,13-14H,6-8H2,1H3,(H,17,18)(H,19,20). The molecule has 4 unspecified atom stereocenters. The zero-order valence-electron chi connectivity index (χ0n) is 11.5. The summed E-state index contributed by atoms with van der Waals surface area (Å²) in [5.41, 5.74) is 1.78. The van der Waals surface area contributed by atoms with Crippen LogP contribution in [0.5, 0.6) is 0 Å². The lowest BCUT2D eigenvalue weighted by Crippen LogP contribution is -2.37. The molecule has 0 aromatic heterocycles. The largest absolute Gasteiger partial charge is 0.481 e. The smallest absolute Gasteiger partial charge is 0.307 e. The normalized spacial score (nSPS) is 31.2. The van der Waals surface area contributed by atoms with E-state index in [0.29, 0.717) is 0 Å². The molecule has 0 radical (unpaired) electrons. The van der Waals surface area contributed by atoms with Crippen molar-refractivity contribution in [3.8, 4) is 0 Å². The molecule has 20 heavy (non-hydrogen) atoms. The molecule has 4 nitrogen and oxygen atoms in total. The van der Waals surface area contributed by atoms with Crippen molar-refractivity contribution in [2.45, 2.75) is 26.2 Å². The maximum atomic E-state index is 12.5. The Morgan fingerprint density at radius 2 is 1.80 bits per heavy atom. The number of aliphatic carboxylic acids is 1. The summed E-state index contributed by atoms with van der Waals surface area (Å²) >= 11 is 0. The molecule has 2 fully saturated rings. The number of hydrogen-bond acceptors (Lipinski definition) is 2. The number of rotatable bonds is 3. The summed E-state index contributed by atoms with van der Waals surface area (Å²) < 4.78 is 0. The Bertz CT molecular complexity index is 554. The van der Waals surface area contributed by atoms with Crippen molar-refractivity contribution in [2.75, 3.05) is 5.32 Å². The molecule has 2 bridgehead atoms. The molecule has 4 atom stereocenters. The molecule has 0 heterocycles. The number of amides is 1. The highest BCUT2D eigenvalue weighted by molar-refractivity contribution is 5.96. The quantitative estimate of drug-likeness (QED) is 0.889. The second-order valence-corrected chi connectivity index (χ2v) is 6.03. The van der Waals surface area contributed by atoms with E-state index in [4.69, 9.17) is 0 Å². The van der Waals surface area contributed by atoms with Gasteiger partial charge in [-0.05, 0) is 49.7 Å². The van der Waals surface area contributed by atoms with Crippen molar-refractivity contribution < 1.29 is 14.7 Å². The van der Waals surface area contributed by atoms with Crippen LogP contribution >= 0.6 is 0 Å². The lowest BCUT2D eigenvalue weighted by atomic mass is 9.78. The number of carboxylic acids is 1. The van der Waals surface area contributed by atoms with Crippen LogP contribution in [0.2, 0.25) is 0 Å². The van der Waals surface area contributed by atoms with Gasteiger partial charge in [-0.25, -0.2) is 0 Å². The number of para-hydroxylation sites is 1. The van der Waals surface area contributed by atoms with Crippen LogP contribution < -0.4 is 5.32 Å². The predicted molar refractivity (Wildman–Crippen MR) is 75.3 cm³/mol. The number of carboxylic acid groups (broad SMARTS) is 1. The Morgan fingerprint density at radius 1 is 1.15 bits per heavy atom. The number of nitrogens with one attached hydrogen (secondary N) is 1. The minimum atomic E-state index is -0.817. The fraction of sp³-hybridized carbons (Fsp3) is 0.500. The van der Waals surface area contributed by atoms with Crippen LogP contribution in [0.3, 0.4) is 0 Å². The summed E-state index contributed by atoms with van der Waals surface area (Å²) in [5.74, 6) is -1.39. The molecule has 106 valence electrons. The van der Waals surface area contributed by atoms with E-state index in [1.54, 1.807) is 0 Å². The van der Waals surface area contributed by atoms with E-state index < -0.39 is 11.9 Å². The third kappa shape index (κ3) is 2.09. The molecule has 2 aliphatic carbocycles. The zero-order valence-corrected chi connectivity index (χ0v) is 11.5. The second-order valence-electron chi connectivity index (χ2n) is 6.03. The third-order valence-corrected chi connectivity index (χ3v) is 4.91. The Hall–Kier alpha value is -1.84. The van der Waals surface area contributed by atoms with Crippen molar-refractivity contribution in [1.82, 2.24) is 0 Å². The summed E-state index contributed by atoms with van der Waals surface area (Å²) in [4.78, 5) is 23.9. The Kier molecular flexibility index (Phi) is 3.24. The van der Waals surface area contributed by atoms with Gasteiger partial charge in [-0.15, -0.1) is 0 Å². The zero-order chi connectivity index (χ0) is 14.3. The molecule has 1 amide bonds. The molecule has 2 saturated carbocycles. The van der Waals surface area contributed by atoms with Gasteiger partial charge in [-0.2, -0.15) is 0 Å². The van der Waals surface area contributed by atoms with E-state index in [1.165, 1.54) is 0 Å². The molecule has 0 aliphatic heterocycles. The second kappa shape index (κ2) is 4.93. The Balaban J connectivity index is 1.80. The average Bonchev–Trinajstić information content (AvgIpc) is 3.01. The van der Waals surface area contributed by atoms with E-state index in [0.717, 1.165) is 30.5 Å². The molecule has 2 aliphatic rings. The summed E-state index contributed by atoms with van der Waals surface area (Å²) in [5, 5.41) is 12.3. The predicted octanol–water partition coefficient (Wildman–Crippen LogP) is 2.68. The molecular weight excluding hydrogens is 254 g/mol. The average molecular weight is 273 g/mol. The van der Waals surface area contributed by atoms with Gasteiger partial charge in [0.25, 0.3) is 0 Å². The molecule has 4 heteroatoms. The first-order valence-electron chi connectivity index (χ1n) is 7.17. The van der Waals surface area contributed by atoms with Gasteiger partial charge in [0.15, 0.2) is 0 Å². The summed E-state index contributed by atoms with van der Waals surface area (Å²) in [7, 11) is 0. The molecular formula is C16H19NO3. The number of fused-ring (bicyclic) bond motifs is 2. The van der Waals surface area contributed by atoms with Crippen LogP contribution in [0.25, 0.3) is 0 Å². The van der Waals surface area contributed by atoms with E-state index in [2.05, 4.69) is 5.32 Å². The van der Waals surface area contributed by atoms with Gasteiger partial charge in [0, 0.05) is 5.69 Å². The first kappa shape index (κ1) is 13.2. The first-order valence-corrected chi connectivity index (χ1v) is 7.17. The number of aryl methyl sites for hydroxylation is 1. The van der Waals surface area contributed by atoms with Crippen LogP contribution in [0.1, 0.15) is 24.8 Å². The summed E-state index contributed by atoms with van der Waals surface area (Å²) in [6.45, 7) is 1.94. The first-order chi connectivity index (χ1) is 9.58. The van der Waals surface area contributed by atoms with Gasteiger partial charge >= 0.3 is 5.97 Å². The topological polar surface area (TPSA) is 66.4 Å². The van der Waals surface area contributed by atoms with E-state index in [-0.39, 0.29) is 23.7 Å². The molecule has 2 N–H and O–H groups in total. The fourth-order valence-electron chi connectivity index (χ4n) is 3.95. The molecule has 1 aromatic carbocycles. The third-order valence-electron chi connectivity index (χ3n) is 4.91. The van der Waals surface area contributed by atoms with Crippen LogP contribution in [0.15, 0.2) is 24.3 Å². The van der Waals surface area contributed by atoms with Gasteiger partial charge in [0.1, 0.15) is 0 Å². The molecule has 1 aromatic rings. The Morgan fingerprint density at radius 3 is 2.45 bits per heavy atom. The lowest BCUT2D eigenvalue weighted by Gasteiger charge is -2.27. The molecule has 3 rings (SSSR count). The van der Waals surface area contributed by atoms with Gasteiger partial charge in [-0.1, -0.05) is 18.2 Å². The maximum absolute atomic E-state index is 12.5. The van der Waals surface area contributed by atoms with E-state index >= 15 is 0 Å². The number of hydrogen-bond donors (Lipinski definition) is 2. The summed E-state index contributed by atoms with van der Waals surface area (Å²) in [6, 6.07) is 7.59. The van der Waals surface area contributed by atoms with Crippen LogP contribution in [0, 0.1) is 30.6 Å². The number of carbonyl (C=O) groups excluding carboxylic acids is 1. The number of carbonyl (C=O) groups is 2. The van der Waals surface area contributed by atoms with Crippen molar-refractivity contribution in [1.29, 1.82) is 0 Å². The number of anilines is 1. The highest BCUT2D eigenvalue weighted by atomic mass is 16.4. The minimum absolute atomic E-state index is 0.126. The van der Waals surface area contributed by atoms with Crippen molar-refractivity contribution in [3.05, 3.63) is 29.8 Å². The minimum Gasteiger partial charge on any atom is -0.481 e. The lowest BCUT2D eigenvalue weighted by molar-refractivity contribution is -0.148. The van der Waals surface area contributed by atoms with E-state index in [1.807, 2.05) is 31.2 Å². The number of benzene rings is 1. The summed E-state index contributed by atoms with van der Waals surface area (Å²) in [6.07, 6.45) is 2.83. The monoisotopic (exact) mass is 273 g/mol. The van der Waals surface area contributed by atoms with Crippen molar-refractivity contribution in [3.63, 3.8) is 0 Å². The fourth-order valence-corrected chi connectivity index (χ4v) is 3.95. The van der Waals surface area contributed by atoms with Gasteiger partial charge in [-0.3, -0.25) is 9.59 Å². The van der Waals surface area contributed by atoms with Gasteiger partial charge < -0.3 is 10.4 Å². The Labute approximate surface area is 118 Å².